The lowest BCUT2D eigenvalue weighted by molar-refractivity contribution is -0.123. The minimum Gasteiger partial charge on any atom is -0.352 e. The summed E-state index contributed by atoms with van der Waals surface area (Å²) in [5, 5.41) is 44.3. The molecule has 3 aliphatic rings. The third-order valence-corrected chi connectivity index (χ3v) is 8.64. The number of aromatic nitrogens is 6. The number of nitrogens with zero attached hydrogens (tertiary/aromatic N) is 6. The summed E-state index contributed by atoms with van der Waals surface area (Å²) in [6, 6.07) is 9.22. The molecule has 49 heavy (non-hydrogen) atoms. The van der Waals surface area contributed by atoms with Gasteiger partial charge in [0, 0.05) is 121 Å². The minimum absolute atomic E-state index is 0.0586. The smallest absolute Gasteiger partial charge is 0.240 e. The molecule has 3 fully saturated rings. The summed E-state index contributed by atoms with van der Waals surface area (Å²) in [6.07, 6.45) is 4.20. The molecular formula is C33H50N14O2. The number of nitrogens with one attached hydrogen (secondary N) is 8. The molecule has 0 atom stereocenters. The number of carbonyl (C=O) groups excluding carboxylic acids is 2. The highest BCUT2D eigenvalue weighted by atomic mass is 16.2. The van der Waals surface area contributed by atoms with Crippen LogP contribution >= 0.6 is 0 Å². The molecule has 0 aliphatic carbocycles. The summed E-state index contributed by atoms with van der Waals surface area (Å²) < 4.78 is 0. The number of benzene rings is 1. The molecule has 264 valence electrons. The van der Waals surface area contributed by atoms with E-state index in [1.807, 2.05) is 24.3 Å². The van der Waals surface area contributed by atoms with Gasteiger partial charge in [0.05, 0.1) is 5.54 Å². The second-order valence-corrected chi connectivity index (χ2v) is 13.1. The Labute approximate surface area is 287 Å². The number of amides is 2. The topological polar surface area (TPSA) is 208 Å². The van der Waals surface area contributed by atoms with E-state index in [-0.39, 0.29) is 35.9 Å². The van der Waals surface area contributed by atoms with Gasteiger partial charge in [-0.25, -0.2) is 9.97 Å². The Morgan fingerprint density at radius 1 is 0.653 bits per heavy atom. The van der Waals surface area contributed by atoms with Gasteiger partial charge in [-0.15, -0.1) is 20.4 Å². The molecule has 16 nitrogen and oxygen atoms in total. The Morgan fingerprint density at radius 2 is 1.14 bits per heavy atom. The van der Waals surface area contributed by atoms with Crippen molar-refractivity contribution < 1.29 is 9.59 Å². The summed E-state index contributed by atoms with van der Waals surface area (Å²) in [7, 11) is 0. The monoisotopic (exact) mass is 674 g/mol. The van der Waals surface area contributed by atoms with Crippen molar-refractivity contribution in [2.24, 2.45) is 5.41 Å². The van der Waals surface area contributed by atoms with Crippen LogP contribution in [-0.4, -0.2) is 126 Å². The highest BCUT2D eigenvalue weighted by Crippen LogP contribution is 2.16. The average molecular weight is 675 g/mol. The van der Waals surface area contributed by atoms with Crippen LogP contribution in [0.3, 0.4) is 0 Å². The van der Waals surface area contributed by atoms with Gasteiger partial charge in [0.25, 0.3) is 0 Å². The van der Waals surface area contributed by atoms with Gasteiger partial charge in [-0.1, -0.05) is 31.2 Å². The number of carbonyl (C=O) groups is 2. The molecule has 5 heterocycles. The van der Waals surface area contributed by atoms with E-state index in [1.165, 1.54) is 0 Å². The van der Waals surface area contributed by atoms with Crippen LogP contribution in [0.4, 0.5) is 0 Å². The molecule has 2 aromatic heterocycles. The van der Waals surface area contributed by atoms with Gasteiger partial charge in [0.2, 0.25) is 29.3 Å². The summed E-state index contributed by atoms with van der Waals surface area (Å²) in [4.78, 5) is 34.1. The summed E-state index contributed by atoms with van der Waals surface area (Å²) >= 11 is 0. The lowest BCUT2D eigenvalue weighted by atomic mass is 9.90. The Hall–Kier alpha value is -4.06. The van der Waals surface area contributed by atoms with Crippen molar-refractivity contribution >= 4 is 11.8 Å². The molecule has 2 bridgehead atoms. The summed E-state index contributed by atoms with van der Waals surface area (Å²) in [5.74, 6) is 0.825. The fourth-order valence-corrected chi connectivity index (χ4v) is 5.87. The average Bonchev–Trinajstić information content (AvgIpc) is 3.12. The molecule has 1 aromatic carbocycles. The molecule has 0 radical (unpaired) electrons. The SMILES string of the molecule is CC12CNCCNCC(NC(=O)CCCC(=O)NCc3ccc(-c4nnc(-c5ncccn5)nn4)cc3)(CNCCNC1)CNCCNC2. The third-order valence-electron chi connectivity index (χ3n) is 8.64. The van der Waals surface area contributed by atoms with Crippen molar-refractivity contribution in [2.45, 2.75) is 38.3 Å². The maximum absolute atomic E-state index is 13.2. The first-order valence-electron chi connectivity index (χ1n) is 17.2. The maximum atomic E-state index is 13.2. The van der Waals surface area contributed by atoms with E-state index in [9.17, 15) is 9.59 Å². The van der Waals surface area contributed by atoms with Gasteiger partial charge in [0.15, 0.2) is 0 Å². The van der Waals surface area contributed by atoms with E-state index in [4.69, 9.17) is 0 Å². The molecule has 0 unspecified atom stereocenters. The van der Waals surface area contributed by atoms with E-state index in [1.54, 1.807) is 18.5 Å². The molecule has 8 N–H and O–H groups in total. The van der Waals surface area contributed by atoms with Gasteiger partial charge in [-0.05, 0) is 18.1 Å². The predicted octanol–water partition coefficient (Wildman–Crippen LogP) is -1.40. The van der Waals surface area contributed by atoms with Crippen molar-refractivity contribution in [1.29, 1.82) is 0 Å². The standard InChI is InChI=1S/C33H50N14O2/c1-32-19-34-12-15-37-22-33(23-38-16-13-35-20-32,24-39-17-14-36-21-32)43-28(49)5-2-4-27(48)42-18-25-6-8-26(9-7-25)29-44-46-31(47-45-29)30-40-10-3-11-41-30/h3,6-11,34-39H,2,4-5,12-24H2,1H3,(H,42,48)(H,43,49). The van der Waals surface area contributed by atoms with E-state index < -0.39 is 5.54 Å². The van der Waals surface area contributed by atoms with Crippen LogP contribution in [0.5, 0.6) is 0 Å². The molecule has 6 rings (SSSR count). The Morgan fingerprint density at radius 3 is 1.69 bits per heavy atom. The van der Waals surface area contributed by atoms with Gasteiger partial charge in [-0.3, -0.25) is 9.59 Å². The van der Waals surface area contributed by atoms with Gasteiger partial charge in [0.1, 0.15) is 0 Å². The first-order chi connectivity index (χ1) is 23.9. The predicted molar refractivity (Wildman–Crippen MR) is 186 cm³/mol. The maximum Gasteiger partial charge on any atom is 0.240 e. The van der Waals surface area contributed by atoms with Crippen molar-refractivity contribution in [1.82, 2.24) is 72.9 Å². The molecule has 3 saturated heterocycles. The molecule has 3 aromatic rings. The number of fused-ring (bicyclic) bond motifs is 15. The van der Waals surface area contributed by atoms with Crippen molar-refractivity contribution in [3.8, 4) is 23.0 Å². The zero-order chi connectivity index (χ0) is 34.2. The molecule has 0 spiro atoms. The highest BCUT2D eigenvalue weighted by Gasteiger charge is 2.32. The normalized spacial score (nSPS) is 22.8. The fraction of sp³-hybridized carbons (Fsp3) is 0.576. The summed E-state index contributed by atoms with van der Waals surface area (Å²) in [5.41, 5.74) is 1.28. The third kappa shape index (κ3) is 11.8. The second-order valence-electron chi connectivity index (χ2n) is 13.1. The van der Waals surface area contributed by atoms with Crippen LogP contribution in [0.25, 0.3) is 23.0 Å². The lowest BCUT2D eigenvalue weighted by Crippen LogP contribution is -2.66. The highest BCUT2D eigenvalue weighted by molar-refractivity contribution is 5.79. The number of rotatable bonds is 9. The van der Waals surface area contributed by atoms with E-state index in [2.05, 4.69) is 79.8 Å². The fourth-order valence-electron chi connectivity index (χ4n) is 5.87. The van der Waals surface area contributed by atoms with Crippen LogP contribution in [0.1, 0.15) is 31.7 Å². The molecule has 3 aliphatic heterocycles. The van der Waals surface area contributed by atoms with Gasteiger partial charge in [-0.2, -0.15) is 0 Å². The quantitative estimate of drug-likeness (QED) is 0.132. The van der Waals surface area contributed by atoms with E-state index >= 15 is 0 Å². The van der Waals surface area contributed by atoms with Crippen molar-refractivity contribution in [3.63, 3.8) is 0 Å². The van der Waals surface area contributed by atoms with Crippen LogP contribution < -0.4 is 42.5 Å². The molecular weight excluding hydrogens is 624 g/mol. The zero-order valence-electron chi connectivity index (χ0n) is 28.4. The van der Waals surface area contributed by atoms with Crippen LogP contribution in [-0.2, 0) is 16.1 Å². The largest absolute Gasteiger partial charge is 0.352 e. The van der Waals surface area contributed by atoms with Gasteiger partial charge < -0.3 is 42.5 Å². The second kappa shape index (κ2) is 18.6. The first kappa shape index (κ1) is 36.2. The number of hydrogen-bond acceptors (Lipinski definition) is 14. The molecule has 2 amide bonds. The number of hydrogen-bond donors (Lipinski definition) is 8. The Balaban J connectivity index is 1.07. The van der Waals surface area contributed by atoms with Crippen LogP contribution in [0.15, 0.2) is 42.7 Å². The molecule has 0 saturated carbocycles. The molecule has 16 heteroatoms. The first-order valence-corrected chi connectivity index (χ1v) is 17.2. The Bertz CT molecular complexity index is 1400. The van der Waals surface area contributed by atoms with Crippen LogP contribution in [0, 0.1) is 5.41 Å². The zero-order valence-corrected chi connectivity index (χ0v) is 28.4. The summed E-state index contributed by atoms with van der Waals surface area (Å²) in [6.45, 7) is 12.3. The Kier molecular flexibility index (Phi) is 13.8. The van der Waals surface area contributed by atoms with Gasteiger partial charge >= 0.3 is 0 Å². The van der Waals surface area contributed by atoms with Crippen molar-refractivity contribution in [3.05, 3.63) is 48.3 Å². The lowest BCUT2D eigenvalue weighted by Gasteiger charge is -2.37. The van der Waals surface area contributed by atoms with E-state index in [0.29, 0.717) is 44.2 Å². The van der Waals surface area contributed by atoms with Crippen LogP contribution in [0.2, 0.25) is 0 Å². The van der Waals surface area contributed by atoms with E-state index in [0.717, 1.165) is 70.0 Å². The minimum atomic E-state index is -0.510. The van der Waals surface area contributed by atoms with Crippen molar-refractivity contribution in [2.75, 3.05) is 78.5 Å².